The Balaban J connectivity index is 1.40. The van der Waals surface area contributed by atoms with Crippen LogP contribution >= 0.6 is 0 Å². The van der Waals surface area contributed by atoms with Gasteiger partial charge in [-0.1, -0.05) is 12.1 Å². The minimum Gasteiger partial charge on any atom is -0.342 e. The molecule has 4 heterocycles. The molecule has 132 valence electrons. The van der Waals surface area contributed by atoms with Crippen LogP contribution in [0.1, 0.15) is 30.3 Å². The number of rotatable bonds is 2. The number of benzene rings is 1. The number of nitrogens with zero attached hydrogens (tertiary/aromatic N) is 7. The number of hydrogen-bond donors (Lipinski definition) is 0. The zero-order chi connectivity index (χ0) is 17.7. The van der Waals surface area contributed by atoms with Crippen molar-refractivity contribution in [1.82, 2.24) is 29.4 Å². The third-order valence-corrected chi connectivity index (χ3v) is 5.33. The van der Waals surface area contributed by atoms with E-state index in [4.69, 9.17) is 4.98 Å². The number of anilines is 1. The molecular weight excluding hydrogens is 326 g/mol. The largest absolute Gasteiger partial charge is 0.342 e. The average Bonchev–Trinajstić information content (AvgIpc) is 3.23. The first kappa shape index (κ1) is 15.3. The number of aromatic nitrogens is 6. The van der Waals surface area contributed by atoms with E-state index in [9.17, 15) is 0 Å². The van der Waals surface area contributed by atoms with Crippen LogP contribution in [-0.2, 0) is 7.05 Å². The molecule has 0 amide bonds. The van der Waals surface area contributed by atoms with E-state index in [1.165, 1.54) is 5.52 Å². The van der Waals surface area contributed by atoms with E-state index in [-0.39, 0.29) is 0 Å². The molecule has 1 saturated heterocycles. The maximum absolute atomic E-state index is 4.83. The van der Waals surface area contributed by atoms with Gasteiger partial charge >= 0.3 is 0 Å². The monoisotopic (exact) mass is 347 g/mol. The maximum Gasteiger partial charge on any atom is 0.206 e. The lowest BCUT2D eigenvalue weighted by atomic mass is 9.96. The summed E-state index contributed by atoms with van der Waals surface area (Å²) in [5.74, 6) is 2.41. The van der Waals surface area contributed by atoms with E-state index >= 15 is 0 Å². The first-order valence-corrected chi connectivity index (χ1v) is 9.06. The van der Waals surface area contributed by atoms with E-state index in [1.54, 1.807) is 0 Å². The molecular formula is C19H21N7. The third-order valence-electron chi connectivity index (χ3n) is 5.33. The zero-order valence-electron chi connectivity index (χ0n) is 15.0. The Kier molecular flexibility index (Phi) is 3.41. The first-order valence-electron chi connectivity index (χ1n) is 9.06. The van der Waals surface area contributed by atoms with Crippen molar-refractivity contribution in [1.29, 1.82) is 0 Å². The van der Waals surface area contributed by atoms with Crippen LogP contribution in [0.25, 0.3) is 16.7 Å². The molecule has 0 atom stereocenters. The molecule has 1 aliphatic rings. The van der Waals surface area contributed by atoms with Gasteiger partial charge in [0.2, 0.25) is 5.95 Å². The highest BCUT2D eigenvalue weighted by molar-refractivity contribution is 5.78. The molecule has 5 rings (SSSR count). The van der Waals surface area contributed by atoms with Gasteiger partial charge in [-0.3, -0.25) is 0 Å². The summed E-state index contributed by atoms with van der Waals surface area (Å²) >= 11 is 0. The van der Waals surface area contributed by atoms with Gasteiger partial charge in [0.25, 0.3) is 0 Å². The normalized spacial score (nSPS) is 16.0. The smallest absolute Gasteiger partial charge is 0.206 e. The van der Waals surface area contributed by atoms with Gasteiger partial charge in [-0.25, -0.2) is 4.98 Å². The summed E-state index contributed by atoms with van der Waals surface area (Å²) in [6.45, 7) is 3.92. The maximum atomic E-state index is 4.83. The van der Waals surface area contributed by atoms with Crippen LogP contribution in [0.4, 0.5) is 5.95 Å². The molecule has 0 spiro atoms. The van der Waals surface area contributed by atoms with Gasteiger partial charge in [-0.2, -0.15) is 9.61 Å². The number of para-hydroxylation sites is 2. The lowest BCUT2D eigenvalue weighted by Crippen LogP contribution is -2.35. The highest BCUT2D eigenvalue weighted by atomic mass is 15.4. The number of fused-ring (bicyclic) bond motifs is 2. The Hall–Kier alpha value is -2.96. The van der Waals surface area contributed by atoms with E-state index in [0.29, 0.717) is 5.92 Å². The van der Waals surface area contributed by atoms with E-state index in [0.717, 1.165) is 54.6 Å². The summed E-state index contributed by atoms with van der Waals surface area (Å²) < 4.78 is 4.10. The fourth-order valence-electron chi connectivity index (χ4n) is 3.91. The van der Waals surface area contributed by atoms with Crippen molar-refractivity contribution >= 4 is 22.6 Å². The van der Waals surface area contributed by atoms with Crippen LogP contribution in [0.3, 0.4) is 0 Å². The fourth-order valence-corrected chi connectivity index (χ4v) is 3.91. The van der Waals surface area contributed by atoms with Crippen molar-refractivity contribution < 1.29 is 0 Å². The minimum atomic E-state index is 0.380. The Labute approximate surface area is 151 Å². The summed E-state index contributed by atoms with van der Waals surface area (Å²) in [6, 6.07) is 12.2. The molecule has 7 nitrogen and oxygen atoms in total. The lowest BCUT2D eigenvalue weighted by molar-refractivity contribution is 0.470. The van der Waals surface area contributed by atoms with Gasteiger partial charge in [0.05, 0.1) is 16.7 Å². The van der Waals surface area contributed by atoms with E-state index < -0.39 is 0 Å². The molecule has 0 radical (unpaired) electrons. The van der Waals surface area contributed by atoms with Crippen LogP contribution < -0.4 is 4.90 Å². The molecule has 1 fully saturated rings. The van der Waals surface area contributed by atoms with Gasteiger partial charge in [-0.15, -0.1) is 10.2 Å². The summed E-state index contributed by atoms with van der Waals surface area (Å²) in [4.78, 5) is 7.20. The Morgan fingerprint density at radius 3 is 2.62 bits per heavy atom. The molecule has 0 unspecified atom stereocenters. The highest BCUT2D eigenvalue weighted by Crippen LogP contribution is 2.30. The molecule has 0 aliphatic carbocycles. The molecule has 3 aromatic heterocycles. The van der Waals surface area contributed by atoms with Gasteiger partial charge in [0, 0.05) is 26.1 Å². The third kappa shape index (κ3) is 2.34. The van der Waals surface area contributed by atoms with Gasteiger partial charge < -0.3 is 9.47 Å². The Morgan fingerprint density at radius 2 is 1.81 bits per heavy atom. The summed E-state index contributed by atoms with van der Waals surface area (Å²) in [5.41, 5.74) is 4.03. The molecule has 0 bridgehead atoms. The van der Waals surface area contributed by atoms with Crippen LogP contribution in [-0.4, -0.2) is 42.5 Å². The number of imidazole rings is 1. The van der Waals surface area contributed by atoms with Crippen molar-refractivity contribution in [2.45, 2.75) is 25.7 Å². The molecule has 0 saturated carbocycles. The van der Waals surface area contributed by atoms with Crippen LogP contribution in [0.15, 0.2) is 36.4 Å². The second-order valence-electron chi connectivity index (χ2n) is 7.02. The van der Waals surface area contributed by atoms with Crippen molar-refractivity contribution in [3.8, 4) is 0 Å². The second-order valence-corrected chi connectivity index (χ2v) is 7.02. The molecule has 26 heavy (non-hydrogen) atoms. The molecule has 1 aromatic carbocycles. The highest BCUT2D eigenvalue weighted by Gasteiger charge is 2.27. The van der Waals surface area contributed by atoms with E-state index in [1.807, 2.05) is 29.6 Å². The predicted molar refractivity (Wildman–Crippen MR) is 100 cm³/mol. The van der Waals surface area contributed by atoms with Crippen molar-refractivity contribution in [3.05, 3.63) is 47.9 Å². The van der Waals surface area contributed by atoms with Crippen molar-refractivity contribution in [2.75, 3.05) is 18.0 Å². The van der Waals surface area contributed by atoms with Crippen LogP contribution in [0, 0.1) is 6.92 Å². The van der Waals surface area contributed by atoms with Crippen molar-refractivity contribution in [3.63, 3.8) is 0 Å². The van der Waals surface area contributed by atoms with Crippen LogP contribution in [0.2, 0.25) is 0 Å². The average molecular weight is 347 g/mol. The van der Waals surface area contributed by atoms with Crippen molar-refractivity contribution in [2.24, 2.45) is 7.05 Å². The lowest BCUT2D eigenvalue weighted by Gasteiger charge is -2.31. The van der Waals surface area contributed by atoms with E-state index in [2.05, 4.69) is 50.0 Å². The number of piperidine rings is 1. The predicted octanol–water partition coefficient (Wildman–Crippen LogP) is 2.70. The molecule has 1 aliphatic heterocycles. The van der Waals surface area contributed by atoms with Crippen LogP contribution in [0.5, 0.6) is 0 Å². The molecule has 0 N–H and O–H groups in total. The van der Waals surface area contributed by atoms with Gasteiger partial charge in [0.15, 0.2) is 11.5 Å². The molecule has 4 aromatic rings. The Morgan fingerprint density at radius 1 is 1.00 bits per heavy atom. The summed E-state index contributed by atoms with van der Waals surface area (Å²) in [7, 11) is 2.09. The topological polar surface area (TPSA) is 64.1 Å². The molecule has 7 heteroatoms. The van der Waals surface area contributed by atoms with Gasteiger partial charge in [0.1, 0.15) is 0 Å². The second kappa shape index (κ2) is 5.79. The zero-order valence-corrected chi connectivity index (χ0v) is 15.0. The van der Waals surface area contributed by atoms with Gasteiger partial charge in [-0.05, 0) is 44.0 Å². The summed E-state index contributed by atoms with van der Waals surface area (Å²) in [6.07, 6.45) is 2.05. The Bertz CT molecular complexity index is 1090. The SMILES string of the molecule is Cc1ccc2nnc(C3CCN(c4nc5ccccc5n4C)CC3)n2n1. The fraction of sp³-hybridized carbons (Fsp3) is 0.368. The standard InChI is InChI=1S/C19H21N7/c1-13-7-8-17-21-22-18(26(17)23-13)14-9-11-25(12-10-14)19-20-15-5-3-4-6-16(15)24(19)2/h3-8,14H,9-12H2,1-2H3. The quantitative estimate of drug-likeness (QED) is 0.558. The minimum absolute atomic E-state index is 0.380. The number of hydrogen-bond acceptors (Lipinski definition) is 5. The number of aryl methyl sites for hydroxylation is 2. The summed E-state index contributed by atoms with van der Waals surface area (Å²) in [5, 5.41) is 13.3. The first-order chi connectivity index (χ1) is 12.7.